The van der Waals surface area contributed by atoms with E-state index in [1.807, 2.05) is 43.4 Å². The van der Waals surface area contributed by atoms with Gasteiger partial charge in [0.15, 0.2) is 11.2 Å². The fraction of sp³-hybridized carbons (Fsp3) is 0.350. The number of aromatic nitrogens is 5. The second-order valence-electron chi connectivity index (χ2n) is 6.96. The van der Waals surface area contributed by atoms with Crippen molar-refractivity contribution in [1.82, 2.24) is 23.1 Å². The first kappa shape index (κ1) is 17.3. The molecule has 0 radical (unpaired) electrons. The summed E-state index contributed by atoms with van der Waals surface area (Å²) >= 11 is 0. The van der Waals surface area contributed by atoms with Crippen LogP contribution in [0.3, 0.4) is 0 Å². The van der Waals surface area contributed by atoms with Crippen LogP contribution < -0.4 is 11.2 Å². The quantitative estimate of drug-likeness (QED) is 0.557. The third-order valence-electron chi connectivity index (χ3n) is 5.26. The maximum absolute atomic E-state index is 13.1. The van der Waals surface area contributed by atoms with Gasteiger partial charge in [-0.25, -0.2) is 4.79 Å². The number of fused-ring (bicyclic) bond motifs is 3. The second-order valence-corrected chi connectivity index (χ2v) is 6.96. The Morgan fingerprint density at radius 3 is 2.37 bits per heavy atom. The van der Waals surface area contributed by atoms with Gasteiger partial charge in [0.1, 0.15) is 0 Å². The number of imidazole rings is 2. The summed E-state index contributed by atoms with van der Waals surface area (Å²) in [6.07, 6.45) is 0.718. The molecule has 3 aromatic heterocycles. The van der Waals surface area contributed by atoms with Gasteiger partial charge in [-0.1, -0.05) is 37.3 Å². The summed E-state index contributed by atoms with van der Waals surface area (Å²) in [7, 11) is 1.67. The molecular weight excluding hydrogens is 342 g/mol. The van der Waals surface area contributed by atoms with Crippen molar-refractivity contribution in [2.24, 2.45) is 7.05 Å². The molecular formula is C20H23N5O2. The minimum atomic E-state index is -0.320. The zero-order chi connectivity index (χ0) is 19.3. The Hall–Kier alpha value is -3.09. The summed E-state index contributed by atoms with van der Waals surface area (Å²) in [5.41, 5.74) is 3.47. The molecule has 1 aromatic carbocycles. The lowest BCUT2D eigenvalue weighted by molar-refractivity contribution is 0.592. The monoisotopic (exact) mass is 365 g/mol. The Kier molecular flexibility index (Phi) is 4.02. The summed E-state index contributed by atoms with van der Waals surface area (Å²) < 4.78 is 6.76. The zero-order valence-electron chi connectivity index (χ0n) is 16.1. The van der Waals surface area contributed by atoms with Gasteiger partial charge in [-0.15, -0.1) is 0 Å². The number of aryl methyl sites for hydroxylation is 2. The predicted molar refractivity (Wildman–Crippen MR) is 105 cm³/mol. The fourth-order valence-electron chi connectivity index (χ4n) is 3.69. The van der Waals surface area contributed by atoms with Crippen molar-refractivity contribution in [2.45, 2.75) is 40.3 Å². The first-order valence-corrected chi connectivity index (χ1v) is 9.17. The van der Waals surface area contributed by atoms with E-state index in [1.54, 1.807) is 7.05 Å². The summed E-state index contributed by atoms with van der Waals surface area (Å²) in [4.78, 5) is 30.4. The molecule has 7 heteroatoms. The highest BCUT2D eigenvalue weighted by molar-refractivity contribution is 5.76. The van der Waals surface area contributed by atoms with E-state index in [2.05, 4.69) is 16.7 Å². The van der Waals surface area contributed by atoms with Gasteiger partial charge >= 0.3 is 5.69 Å². The van der Waals surface area contributed by atoms with Crippen molar-refractivity contribution >= 4 is 16.9 Å². The van der Waals surface area contributed by atoms with Gasteiger partial charge in [0, 0.05) is 25.0 Å². The van der Waals surface area contributed by atoms with Gasteiger partial charge in [-0.3, -0.25) is 18.3 Å². The topological polar surface area (TPSA) is 66.2 Å². The molecule has 0 aliphatic heterocycles. The standard InChI is InChI=1S/C20H23N5O2/c1-5-11-23-18(26)16-17(22(4)20(23)27)21-19-24(13(2)14(3)25(16)19)12-15-9-7-6-8-10-15/h6-10H,5,11-12H2,1-4H3. The highest BCUT2D eigenvalue weighted by atomic mass is 16.2. The summed E-state index contributed by atoms with van der Waals surface area (Å²) in [5, 5.41) is 0. The van der Waals surface area contributed by atoms with Crippen LogP contribution in [0.5, 0.6) is 0 Å². The van der Waals surface area contributed by atoms with Crippen LogP contribution in [0.4, 0.5) is 0 Å². The van der Waals surface area contributed by atoms with Gasteiger partial charge in [-0.2, -0.15) is 4.98 Å². The van der Waals surface area contributed by atoms with E-state index in [9.17, 15) is 9.59 Å². The highest BCUT2D eigenvalue weighted by Gasteiger charge is 2.22. The Labute approximate surface area is 156 Å². The molecule has 0 unspecified atom stereocenters. The van der Waals surface area contributed by atoms with E-state index in [1.165, 1.54) is 9.13 Å². The Balaban J connectivity index is 2.08. The molecule has 27 heavy (non-hydrogen) atoms. The average Bonchev–Trinajstić information content (AvgIpc) is 3.16. The molecule has 0 fully saturated rings. The fourth-order valence-corrected chi connectivity index (χ4v) is 3.69. The van der Waals surface area contributed by atoms with Crippen LogP contribution in [0.1, 0.15) is 30.3 Å². The molecule has 0 atom stereocenters. The molecule has 0 saturated heterocycles. The molecule has 0 amide bonds. The van der Waals surface area contributed by atoms with Crippen molar-refractivity contribution in [2.75, 3.05) is 0 Å². The maximum atomic E-state index is 13.1. The number of nitrogens with zero attached hydrogens (tertiary/aromatic N) is 5. The van der Waals surface area contributed by atoms with Crippen LogP contribution in [0.15, 0.2) is 39.9 Å². The number of hydrogen-bond acceptors (Lipinski definition) is 3. The predicted octanol–water partition coefficient (Wildman–Crippen LogP) is 2.22. The lowest BCUT2D eigenvalue weighted by atomic mass is 10.2. The first-order valence-electron chi connectivity index (χ1n) is 9.17. The summed E-state index contributed by atoms with van der Waals surface area (Å²) in [6.45, 7) is 7.03. The first-order chi connectivity index (χ1) is 13.0. The molecule has 0 saturated carbocycles. The summed E-state index contributed by atoms with van der Waals surface area (Å²) in [6, 6.07) is 10.1. The Morgan fingerprint density at radius 1 is 1.00 bits per heavy atom. The van der Waals surface area contributed by atoms with Crippen molar-refractivity contribution < 1.29 is 0 Å². The van der Waals surface area contributed by atoms with E-state index in [0.29, 0.717) is 30.0 Å². The zero-order valence-corrected chi connectivity index (χ0v) is 16.1. The van der Waals surface area contributed by atoms with E-state index < -0.39 is 0 Å². The van der Waals surface area contributed by atoms with E-state index in [4.69, 9.17) is 4.98 Å². The van der Waals surface area contributed by atoms with Crippen LogP contribution >= 0.6 is 0 Å². The summed E-state index contributed by atoms with van der Waals surface area (Å²) in [5.74, 6) is 0.685. The van der Waals surface area contributed by atoms with E-state index in [0.717, 1.165) is 23.4 Å². The van der Waals surface area contributed by atoms with Gasteiger partial charge in [-0.05, 0) is 25.8 Å². The van der Waals surface area contributed by atoms with Gasteiger partial charge in [0.05, 0.1) is 6.54 Å². The lowest BCUT2D eigenvalue weighted by Gasteiger charge is -2.07. The molecule has 0 spiro atoms. The molecule has 0 N–H and O–H groups in total. The van der Waals surface area contributed by atoms with Crippen LogP contribution in [0.25, 0.3) is 16.9 Å². The van der Waals surface area contributed by atoms with Gasteiger partial charge < -0.3 is 4.57 Å². The van der Waals surface area contributed by atoms with Crippen LogP contribution in [0, 0.1) is 13.8 Å². The Morgan fingerprint density at radius 2 is 1.70 bits per heavy atom. The number of hydrogen-bond donors (Lipinski definition) is 0. The highest BCUT2D eigenvalue weighted by Crippen LogP contribution is 2.21. The number of benzene rings is 1. The van der Waals surface area contributed by atoms with Gasteiger partial charge in [0.25, 0.3) is 5.56 Å². The normalized spacial score (nSPS) is 11.7. The van der Waals surface area contributed by atoms with Crippen molar-refractivity contribution in [3.8, 4) is 0 Å². The maximum Gasteiger partial charge on any atom is 0.332 e. The largest absolute Gasteiger partial charge is 0.332 e. The van der Waals surface area contributed by atoms with E-state index >= 15 is 0 Å². The second kappa shape index (κ2) is 6.26. The van der Waals surface area contributed by atoms with Crippen molar-refractivity contribution in [3.63, 3.8) is 0 Å². The minimum Gasteiger partial charge on any atom is -0.309 e. The van der Waals surface area contributed by atoms with E-state index in [-0.39, 0.29) is 11.2 Å². The lowest BCUT2D eigenvalue weighted by Crippen LogP contribution is -2.39. The molecule has 4 aromatic rings. The smallest absolute Gasteiger partial charge is 0.309 e. The molecule has 140 valence electrons. The third-order valence-corrected chi connectivity index (χ3v) is 5.26. The molecule has 0 bridgehead atoms. The van der Waals surface area contributed by atoms with Crippen LogP contribution in [0.2, 0.25) is 0 Å². The van der Waals surface area contributed by atoms with Crippen molar-refractivity contribution in [3.05, 3.63) is 68.1 Å². The number of rotatable bonds is 4. The SMILES string of the molecule is CCCn1c(=O)c2c(nc3n(Cc4ccccc4)c(C)c(C)n23)n(C)c1=O. The molecule has 0 aliphatic rings. The minimum absolute atomic E-state index is 0.276. The van der Waals surface area contributed by atoms with Crippen molar-refractivity contribution in [1.29, 1.82) is 0 Å². The average molecular weight is 365 g/mol. The Bertz CT molecular complexity index is 1270. The molecule has 3 heterocycles. The molecule has 0 aliphatic carbocycles. The third kappa shape index (κ3) is 2.45. The van der Waals surface area contributed by atoms with Crippen LogP contribution in [-0.4, -0.2) is 23.1 Å². The van der Waals surface area contributed by atoms with Crippen LogP contribution in [-0.2, 0) is 20.1 Å². The molecule has 4 rings (SSSR count). The molecule has 7 nitrogen and oxygen atoms in total. The van der Waals surface area contributed by atoms with Gasteiger partial charge in [0.2, 0.25) is 5.78 Å².